The molecule has 1 heterocycles. The first-order valence-corrected chi connectivity index (χ1v) is 5.23. The molecule has 2 atom stereocenters. The van der Waals surface area contributed by atoms with Crippen molar-refractivity contribution in [1.82, 2.24) is 4.90 Å². The van der Waals surface area contributed by atoms with Gasteiger partial charge in [0.15, 0.2) is 0 Å². The van der Waals surface area contributed by atoms with Crippen LogP contribution in [0.15, 0.2) is 0 Å². The van der Waals surface area contributed by atoms with Crippen LogP contribution in [0.25, 0.3) is 0 Å². The van der Waals surface area contributed by atoms with Gasteiger partial charge >= 0.3 is 0 Å². The monoisotopic (exact) mass is 248 g/mol. The van der Waals surface area contributed by atoms with Gasteiger partial charge in [0.05, 0.1) is 4.83 Å². The Bertz CT molecular complexity index is 232. The number of hydrogen-bond acceptors (Lipinski definition) is 2. The van der Waals surface area contributed by atoms with Gasteiger partial charge in [0.2, 0.25) is 11.8 Å². The number of rotatable bonds is 3. The summed E-state index contributed by atoms with van der Waals surface area (Å²) in [5.74, 6) is -0.442. The Labute approximate surface area is 85.6 Å². The number of halogens is 1. The lowest BCUT2D eigenvalue weighted by Gasteiger charge is -2.23. The van der Waals surface area contributed by atoms with Crippen LogP contribution in [0.2, 0.25) is 0 Å². The number of nitrogens with zero attached hydrogens (tertiary/aromatic N) is 1. The van der Waals surface area contributed by atoms with Gasteiger partial charge < -0.3 is 10.6 Å². The van der Waals surface area contributed by atoms with Gasteiger partial charge in [-0.15, -0.1) is 0 Å². The first kappa shape index (κ1) is 10.5. The highest BCUT2D eigenvalue weighted by Gasteiger charge is 2.35. The van der Waals surface area contributed by atoms with E-state index in [0.29, 0.717) is 13.0 Å². The van der Waals surface area contributed by atoms with Crippen LogP contribution >= 0.6 is 15.9 Å². The molecule has 0 spiro atoms. The Kier molecular flexibility index (Phi) is 3.30. The van der Waals surface area contributed by atoms with E-state index < -0.39 is 11.9 Å². The fourth-order valence-corrected chi connectivity index (χ4v) is 2.02. The molecule has 1 rings (SSSR count). The number of hydrogen-bond donors (Lipinski definition) is 1. The minimum atomic E-state index is -0.435. The van der Waals surface area contributed by atoms with Crippen molar-refractivity contribution in [2.75, 3.05) is 6.54 Å². The second kappa shape index (κ2) is 4.09. The van der Waals surface area contributed by atoms with Crippen molar-refractivity contribution in [3.8, 4) is 0 Å². The molecule has 0 saturated carbocycles. The smallest absolute Gasteiger partial charge is 0.240 e. The molecule has 13 heavy (non-hydrogen) atoms. The fraction of sp³-hybridized carbons (Fsp3) is 0.750. The maximum absolute atomic E-state index is 11.5. The van der Waals surface area contributed by atoms with Crippen LogP contribution in [0.4, 0.5) is 0 Å². The van der Waals surface area contributed by atoms with Gasteiger partial charge in [-0.05, 0) is 12.8 Å². The van der Waals surface area contributed by atoms with Crippen LogP contribution in [0.5, 0.6) is 0 Å². The Morgan fingerprint density at radius 2 is 2.46 bits per heavy atom. The van der Waals surface area contributed by atoms with E-state index in [1.54, 1.807) is 4.90 Å². The Balaban J connectivity index is 2.71. The minimum Gasteiger partial charge on any atom is -0.368 e. The van der Waals surface area contributed by atoms with Crippen molar-refractivity contribution >= 4 is 27.7 Å². The van der Waals surface area contributed by atoms with Gasteiger partial charge in [0, 0.05) is 6.54 Å². The molecule has 5 heteroatoms. The molecular weight excluding hydrogens is 236 g/mol. The summed E-state index contributed by atoms with van der Waals surface area (Å²) >= 11 is 3.25. The third kappa shape index (κ3) is 2.02. The van der Waals surface area contributed by atoms with Gasteiger partial charge in [-0.25, -0.2) is 0 Å². The molecule has 2 N–H and O–H groups in total. The standard InChI is InChI=1S/C8H13BrN2O2/c1-2-6(7(10)12)11-4-3-5(9)8(11)13/h5-6H,2-4H2,1H3,(H2,10,12). The topological polar surface area (TPSA) is 63.4 Å². The van der Waals surface area contributed by atoms with Gasteiger partial charge in [0.1, 0.15) is 6.04 Å². The lowest BCUT2D eigenvalue weighted by Crippen LogP contribution is -2.45. The minimum absolute atomic E-state index is 0.0225. The molecule has 0 radical (unpaired) electrons. The van der Waals surface area contributed by atoms with Crippen molar-refractivity contribution in [3.63, 3.8) is 0 Å². The van der Waals surface area contributed by atoms with E-state index in [9.17, 15) is 9.59 Å². The molecule has 4 nitrogen and oxygen atoms in total. The van der Waals surface area contributed by atoms with E-state index in [0.717, 1.165) is 6.42 Å². The summed E-state index contributed by atoms with van der Waals surface area (Å²) in [6.07, 6.45) is 1.34. The molecule has 1 fully saturated rings. The average molecular weight is 249 g/mol. The zero-order valence-electron chi connectivity index (χ0n) is 7.50. The summed E-state index contributed by atoms with van der Waals surface area (Å²) in [6.45, 7) is 2.47. The molecule has 0 aromatic heterocycles. The molecule has 2 unspecified atom stereocenters. The summed E-state index contributed by atoms with van der Waals surface area (Å²) in [5, 5.41) is 0. The Morgan fingerprint density at radius 3 is 2.77 bits per heavy atom. The highest BCUT2D eigenvalue weighted by atomic mass is 79.9. The molecule has 0 aromatic carbocycles. The number of nitrogens with two attached hydrogens (primary N) is 1. The maximum Gasteiger partial charge on any atom is 0.240 e. The zero-order valence-corrected chi connectivity index (χ0v) is 9.08. The van der Waals surface area contributed by atoms with Crippen LogP contribution < -0.4 is 5.73 Å². The summed E-state index contributed by atoms with van der Waals surface area (Å²) < 4.78 is 0. The summed E-state index contributed by atoms with van der Waals surface area (Å²) in [6, 6.07) is -0.435. The van der Waals surface area contributed by atoms with E-state index in [2.05, 4.69) is 15.9 Å². The highest BCUT2D eigenvalue weighted by Crippen LogP contribution is 2.21. The van der Waals surface area contributed by atoms with E-state index in [1.165, 1.54) is 0 Å². The second-order valence-corrected chi connectivity index (χ2v) is 4.22. The molecule has 1 aliphatic heterocycles. The van der Waals surface area contributed by atoms with Crippen LogP contribution in [-0.4, -0.2) is 34.1 Å². The third-order valence-corrected chi connectivity index (χ3v) is 3.12. The van der Waals surface area contributed by atoms with E-state index in [-0.39, 0.29) is 10.7 Å². The zero-order chi connectivity index (χ0) is 10.0. The summed E-state index contributed by atoms with van der Waals surface area (Å²) in [4.78, 5) is 23.9. The number of likely N-dealkylation sites (tertiary alicyclic amines) is 1. The van der Waals surface area contributed by atoms with E-state index in [4.69, 9.17) is 5.73 Å². The van der Waals surface area contributed by atoms with Crippen LogP contribution in [0.1, 0.15) is 19.8 Å². The normalized spacial score (nSPS) is 24.9. The van der Waals surface area contributed by atoms with Crippen molar-refractivity contribution in [2.24, 2.45) is 5.73 Å². The van der Waals surface area contributed by atoms with Crippen LogP contribution in [0, 0.1) is 0 Å². The summed E-state index contributed by atoms with van der Waals surface area (Å²) in [5.41, 5.74) is 5.19. The number of primary amides is 1. The van der Waals surface area contributed by atoms with Gasteiger partial charge in [0.25, 0.3) is 0 Å². The Hall–Kier alpha value is -0.580. The van der Waals surface area contributed by atoms with Crippen LogP contribution in [-0.2, 0) is 9.59 Å². The fourth-order valence-electron chi connectivity index (χ4n) is 1.55. The molecule has 0 bridgehead atoms. The molecule has 0 aromatic rings. The lowest BCUT2D eigenvalue weighted by molar-refractivity contribution is -0.135. The SMILES string of the molecule is CCC(C(N)=O)N1CCC(Br)C1=O. The lowest BCUT2D eigenvalue weighted by atomic mass is 10.2. The van der Waals surface area contributed by atoms with Crippen molar-refractivity contribution in [1.29, 1.82) is 0 Å². The molecule has 0 aliphatic carbocycles. The van der Waals surface area contributed by atoms with Crippen molar-refractivity contribution < 1.29 is 9.59 Å². The van der Waals surface area contributed by atoms with Crippen molar-refractivity contribution in [3.05, 3.63) is 0 Å². The van der Waals surface area contributed by atoms with Crippen molar-refractivity contribution in [2.45, 2.75) is 30.6 Å². The first-order valence-electron chi connectivity index (χ1n) is 4.31. The largest absolute Gasteiger partial charge is 0.368 e. The summed E-state index contributed by atoms with van der Waals surface area (Å²) in [7, 11) is 0. The maximum atomic E-state index is 11.5. The molecular formula is C8H13BrN2O2. The van der Waals surface area contributed by atoms with Gasteiger partial charge in [-0.2, -0.15) is 0 Å². The molecule has 1 aliphatic rings. The van der Waals surface area contributed by atoms with E-state index in [1.807, 2.05) is 6.92 Å². The number of alkyl halides is 1. The first-order chi connectivity index (χ1) is 6.07. The average Bonchev–Trinajstić information content (AvgIpc) is 2.37. The second-order valence-electron chi connectivity index (χ2n) is 3.11. The number of carbonyl (C=O) groups is 2. The quantitative estimate of drug-likeness (QED) is 0.728. The molecule has 1 saturated heterocycles. The van der Waals surface area contributed by atoms with Gasteiger partial charge in [-0.1, -0.05) is 22.9 Å². The predicted octanol–water partition coefficient (Wildman–Crippen LogP) is 0.246. The molecule has 2 amide bonds. The van der Waals surface area contributed by atoms with E-state index >= 15 is 0 Å². The number of amides is 2. The molecule has 74 valence electrons. The number of carbonyl (C=O) groups excluding carboxylic acids is 2. The Morgan fingerprint density at radius 1 is 1.85 bits per heavy atom. The predicted molar refractivity (Wildman–Crippen MR) is 52.3 cm³/mol. The highest BCUT2D eigenvalue weighted by molar-refractivity contribution is 9.10. The van der Waals surface area contributed by atoms with Crippen LogP contribution in [0.3, 0.4) is 0 Å². The van der Waals surface area contributed by atoms with Gasteiger partial charge in [-0.3, -0.25) is 9.59 Å². The third-order valence-electron chi connectivity index (χ3n) is 2.27.